The molecule has 2 aliphatic rings. The fraction of sp³-hybridized carbons (Fsp3) is 0.632. The van der Waals surface area contributed by atoms with Gasteiger partial charge in [0.25, 0.3) is 0 Å². The summed E-state index contributed by atoms with van der Waals surface area (Å²) in [5, 5.41) is 0. The molecule has 2 heteroatoms. The maximum Gasteiger partial charge on any atom is 0.226 e. The molecule has 0 heterocycles. The molecular formula is C19H27NO. The molecule has 0 bridgehead atoms. The van der Waals surface area contributed by atoms with Gasteiger partial charge in [-0.2, -0.15) is 0 Å². The number of hydrogen-bond donors (Lipinski definition) is 0. The highest BCUT2D eigenvalue weighted by atomic mass is 16.2. The molecule has 0 saturated heterocycles. The second-order valence-corrected chi connectivity index (χ2v) is 8.19. The first-order valence-corrected chi connectivity index (χ1v) is 8.18. The highest BCUT2D eigenvalue weighted by Crippen LogP contribution is 2.59. The zero-order valence-corrected chi connectivity index (χ0v) is 13.7. The van der Waals surface area contributed by atoms with Crippen LogP contribution in [-0.4, -0.2) is 22.9 Å². The molecule has 2 aliphatic carbocycles. The Hall–Kier alpha value is -1.31. The Morgan fingerprint density at radius 2 is 1.86 bits per heavy atom. The van der Waals surface area contributed by atoms with E-state index in [0.717, 1.165) is 19.4 Å². The molecule has 1 aromatic rings. The van der Waals surface area contributed by atoms with Crippen LogP contribution >= 0.6 is 0 Å². The topological polar surface area (TPSA) is 20.3 Å². The summed E-state index contributed by atoms with van der Waals surface area (Å²) < 4.78 is 0. The SMILES string of the molecule is CC1(CN(C(=O)C2CC2)C(C)(C)C)CC1c1ccccc1. The van der Waals surface area contributed by atoms with Crippen molar-refractivity contribution in [2.75, 3.05) is 6.54 Å². The highest BCUT2D eigenvalue weighted by molar-refractivity contribution is 5.81. The van der Waals surface area contributed by atoms with E-state index in [2.05, 4.69) is 62.9 Å². The Bertz CT molecular complexity index is 526. The first-order chi connectivity index (χ1) is 9.81. The summed E-state index contributed by atoms with van der Waals surface area (Å²) in [4.78, 5) is 14.8. The maximum atomic E-state index is 12.6. The van der Waals surface area contributed by atoms with Gasteiger partial charge < -0.3 is 4.90 Å². The zero-order chi connectivity index (χ0) is 15.3. The molecule has 0 aromatic heterocycles. The molecule has 2 saturated carbocycles. The van der Waals surface area contributed by atoms with Gasteiger partial charge in [-0.15, -0.1) is 0 Å². The Balaban J connectivity index is 1.73. The molecule has 2 nitrogen and oxygen atoms in total. The minimum Gasteiger partial charge on any atom is -0.337 e. The van der Waals surface area contributed by atoms with Crippen LogP contribution in [0.15, 0.2) is 30.3 Å². The Kier molecular flexibility index (Phi) is 3.38. The number of rotatable bonds is 4. The van der Waals surface area contributed by atoms with E-state index >= 15 is 0 Å². The summed E-state index contributed by atoms with van der Waals surface area (Å²) in [6, 6.07) is 10.7. The van der Waals surface area contributed by atoms with Crippen molar-refractivity contribution in [3.8, 4) is 0 Å². The second-order valence-electron chi connectivity index (χ2n) is 8.19. The minimum absolute atomic E-state index is 0.0769. The molecule has 1 aromatic carbocycles. The smallest absolute Gasteiger partial charge is 0.226 e. The van der Waals surface area contributed by atoms with Crippen LogP contribution in [0.4, 0.5) is 0 Å². The van der Waals surface area contributed by atoms with Crippen molar-refractivity contribution in [1.82, 2.24) is 4.90 Å². The van der Waals surface area contributed by atoms with E-state index in [1.54, 1.807) is 0 Å². The fourth-order valence-electron chi connectivity index (χ4n) is 3.35. The average Bonchev–Trinajstić information content (AvgIpc) is 3.31. The molecule has 0 N–H and O–H groups in total. The third-order valence-electron chi connectivity index (χ3n) is 5.08. The quantitative estimate of drug-likeness (QED) is 0.811. The molecule has 0 aliphatic heterocycles. The van der Waals surface area contributed by atoms with Crippen LogP contribution in [-0.2, 0) is 4.79 Å². The van der Waals surface area contributed by atoms with Crippen LogP contribution in [0.3, 0.4) is 0 Å². The van der Waals surface area contributed by atoms with Crippen LogP contribution < -0.4 is 0 Å². The van der Waals surface area contributed by atoms with Gasteiger partial charge in [-0.1, -0.05) is 37.3 Å². The predicted octanol–water partition coefficient (Wildman–Crippen LogP) is 4.22. The van der Waals surface area contributed by atoms with E-state index in [1.807, 2.05) is 0 Å². The largest absolute Gasteiger partial charge is 0.337 e. The van der Waals surface area contributed by atoms with Crippen molar-refractivity contribution in [2.24, 2.45) is 11.3 Å². The van der Waals surface area contributed by atoms with Crippen molar-refractivity contribution in [2.45, 2.75) is 58.4 Å². The molecule has 3 rings (SSSR count). The van der Waals surface area contributed by atoms with Gasteiger partial charge in [-0.05, 0) is 56.9 Å². The van der Waals surface area contributed by atoms with Crippen molar-refractivity contribution < 1.29 is 4.79 Å². The van der Waals surface area contributed by atoms with Crippen molar-refractivity contribution in [1.29, 1.82) is 0 Å². The normalized spacial score (nSPS) is 28.3. The Labute approximate surface area is 128 Å². The van der Waals surface area contributed by atoms with Gasteiger partial charge in [-0.3, -0.25) is 4.79 Å². The number of benzene rings is 1. The van der Waals surface area contributed by atoms with Gasteiger partial charge >= 0.3 is 0 Å². The van der Waals surface area contributed by atoms with E-state index in [0.29, 0.717) is 17.7 Å². The number of hydrogen-bond acceptors (Lipinski definition) is 1. The molecule has 0 radical (unpaired) electrons. The van der Waals surface area contributed by atoms with E-state index in [-0.39, 0.29) is 11.0 Å². The van der Waals surface area contributed by atoms with Crippen LogP contribution in [0.1, 0.15) is 58.4 Å². The lowest BCUT2D eigenvalue weighted by atomic mass is 9.96. The van der Waals surface area contributed by atoms with Crippen molar-refractivity contribution in [3.05, 3.63) is 35.9 Å². The predicted molar refractivity (Wildman–Crippen MR) is 86.1 cm³/mol. The summed E-state index contributed by atoms with van der Waals surface area (Å²) in [6.45, 7) is 9.72. The van der Waals surface area contributed by atoms with Crippen molar-refractivity contribution >= 4 is 5.91 Å². The molecule has 2 fully saturated rings. The number of carbonyl (C=O) groups is 1. The van der Waals surface area contributed by atoms with Gasteiger partial charge in [0.05, 0.1) is 0 Å². The zero-order valence-electron chi connectivity index (χ0n) is 13.7. The van der Waals surface area contributed by atoms with Gasteiger partial charge in [0.15, 0.2) is 0 Å². The molecule has 2 atom stereocenters. The van der Waals surface area contributed by atoms with Gasteiger partial charge in [0.1, 0.15) is 0 Å². The lowest BCUT2D eigenvalue weighted by Crippen LogP contribution is -2.49. The first kappa shape index (κ1) is 14.6. The van der Waals surface area contributed by atoms with Crippen molar-refractivity contribution in [3.63, 3.8) is 0 Å². The summed E-state index contributed by atoms with van der Waals surface area (Å²) in [7, 11) is 0. The molecule has 0 spiro atoms. The summed E-state index contributed by atoms with van der Waals surface area (Å²) in [5.41, 5.74) is 1.60. The van der Waals surface area contributed by atoms with Gasteiger partial charge in [-0.25, -0.2) is 0 Å². The molecule has 114 valence electrons. The second kappa shape index (κ2) is 4.86. The summed E-state index contributed by atoms with van der Waals surface area (Å²) >= 11 is 0. The van der Waals surface area contributed by atoms with Crippen LogP contribution in [0, 0.1) is 11.3 Å². The molecule has 2 unspecified atom stereocenters. The summed E-state index contributed by atoms with van der Waals surface area (Å²) in [6.07, 6.45) is 3.37. The third kappa shape index (κ3) is 3.00. The fourth-order valence-corrected chi connectivity index (χ4v) is 3.35. The van der Waals surface area contributed by atoms with E-state index in [1.165, 1.54) is 12.0 Å². The number of nitrogens with zero attached hydrogens (tertiary/aromatic N) is 1. The van der Waals surface area contributed by atoms with Crippen LogP contribution in [0.2, 0.25) is 0 Å². The standard InChI is InChI=1S/C19H27NO/c1-18(2,3)20(17(21)15-10-11-15)13-19(4)12-16(19)14-8-6-5-7-9-14/h5-9,15-16H,10-13H2,1-4H3. The Morgan fingerprint density at radius 1 is 1.24 bits per heavy atom. The lowest BCUT2D eigenvalue weighted by Gasteiger charge is -2.38. The molecular weight excluding hydrogens is 258 g/mol. The van der Waals surface area contributed by atoms with Crippen LogP contribution in [0.25, 0.3) is 0 Å². The highest BCUT2D eigenvalue weighted by Gasteiger charge is 2.53. The third-order valence-corrected chi connectivity index (χ3v) is 5.08. The van der Waals surface area contributed by atoms with Gasteiger partial charge in [0, 0.05) is 18.0 Å². The summed E-state index contributed by atoms with van der Waals surface area (Å²) in [5.74, 6) is 1.29. The lowest BCUT2D eigenvalue weighted by molar-refractivity contribution is -0.138. The molecule has 21 heavy (non-hydrogen) atoms. The van der Waals surface area contributed by atoms with Crippen LogP contribution in [0.5, 0.6) is 0 Å². The van der Waals surface area contributed by atoms with E-state index in [9.17, 15) is 4.79 Å². The number of amides is 1. The number of carbonyl (C=O) groups excluding carboxylic acids is 1. The van der Waals surface area contributed by atoms with E-state index < -0.39 is 0 Å². The maximum absolute atomic E-state index is 12.6. The van der Waals surface area contributed by atoms with E-state index in [4.69, 9.17) is 0 Å². The molecule has 1 amide bonds. The first-order valence-electron chi connectivity index (χ1n) is 8.18. The Morgan fingerprint density at radius 3 is 2.38 bits per heavy atom. The minimum atomic E-state index is -0.0769. The van der Waals surface area contributed by atoms with Gasteiger partial charge in [0.2, 0.25) is 5.91 Å². The monoisotopic (exact) mass is 285 g/mol. The average molecular weight is 285 g/mol.